The molecular weight excluding hydrogens is 388 g/mol. The number of benzene rings is 1. The molecule has 4 rings (SSSR count). The molecule has 3 heterocycles. The Hall–Kier alpha value is -1.99. The van der Waals surface area contributed by atoms with Crippen molar-refractivity contribution in [2.45, 2.75) is 0 Å². The Kier molecular flexibility index (Phi) is 4.20. The molecule has 1 amide bonds. The normalized spacial score (nSPS) is 15.0. The zero-order chi connectivity index (χ0) is 16.5. The molecule has 0 unspecified atom stereocenters. The van der Waals surface area contributed by atoms with E-state index in [2.05, 4.69) is 31.9 Å². The molecule has 1 aliphatic rings. The van der Waals surface area contributed by atoms with Crippen molar-refractivity contribution in [1.29, 1.82) is 0 Å². The van der Waals surface area contributed by atoms with Crippen LogP contribution in [0, 0.1) is 0 Å². The maximum absolute atomic E-state index is 12.5. The van der Waals surface area contributed by atoms with Gasteiger partial charge in [-0.3, -0.25) is 9.78 Å². The van der Waals surface area contributed by atoms with Crippen molar-refractivity contribution in [1.82, 2.24) is 14.9 Å². The minimum Gasteiger partial charge on any atom is -0.345 e. The van der Waals surface area contributed by atoms with Gasteiger partial charge in [0.1, 0.15) is 0 Å². The second kappa shape index (κ2) is 6.49. The molecular formula is C17H15BrN4OS. The van der Waals surface area contributed by atoms with Crippen LogP contribution in [0.25, 0.3) is 10.2 Å². The summed E-state index contributed by atoms with van der Waals surface area (Å²) in [4.78, 5) is 25.4. The number of fused-ring (bicyclic) bond motifs is 1. The van der Waals surface area contributed by atoms with Crippen LogP contribution < -0.4 is 4.90 Å². The molecule has 1 fully saturated rings. The van der Waals surface area contributed by atoms with E-state index in [1.807, 2.05) is 23.1 Å². The summed E-state index contributed by atoms with van der Waals surface area (Å²) >= 11 is 5.20. The third-order valence-corrected chi connectivity index (χ3v) is 5.66. The molecule has 0 atom stereocenters. The van der Waals surface area contributed by atoms with Gasteiger partial charge in [0.2, 0.25) is 0 Å². The molecule has 1 aromatic carbocycles. The van der Waals surface area contributed by atoms with E-state index in [4.69, 9.17) is 4.98 Å². The Labute approximate surface area is 152 Å². The molecule has 0 radical (unpaired) electrons. The van der Waals surface area contributed by atoms with Gasteiger partial charge in [-0.15, -0.1) is 0 Å². The number of rotatable bonds is 2. The van der Waals surface area contributed by atoms with E-state index in [1.54, 1.807) is 29.8 Å². The van der Waals surface area contributed by atoms with Crippen molar-refractivity contribution in [3.8, 4) is 0 Å². The summed E-state index contributed by atoms with van der Waals surface area (Å²) < 4.78 is 2.24. The number of piperazine rings is 1. The first-order valence-electron chi connectivity index (χ1n) is 7.71. The number of anilines is 1. The van der Waals surface area contributed by atoms with Crippen LogP contribution in [0.15, 0.2) is 47.2 Å². The second-order valence-electron chi connectivity index (χ2n) is 5.63. The van der Waals surface area contributed by atoms with Gasteiger partial charge in [-0.1, -0.05) is 27.3 Å². The number of nitrogens with zero attached hydrogens (tertiary/aromatic N) is 4. The van der Waals surface area contributed by atoms with Gasteiger partial charge in [-0.05, 0) is 30.3 Å². The van der Waals surface area contributed by atoms with Gasteiger partial charge < -0.3 is 9.80 Å². The van der Waals surface area contributed by atoms with Crippen molar-refractivity contribution >= 4 is 48.5 Å². The molecule has 0 saturated carbocycles. The number of carbonyl (C=O) groups is 1. The van der Waals surface area contributed by atoms with Crippen molar-refractivity contribution in [3.63, 3.8) is 0 Å². The Morgan fingerprint density at radius 1 is 1.17 bits per heavy atom. The molecule has 0 aliphatic carbocycles. The number of carbonyl (C=O) groups excluding carboxylic acids is 1. The van der Waals surface area contributed by atoms with Gasteiger partial charge in [0.05, 0.1) is 15.8 Å². The lowest BCUT2D eigenvalue weighted by Gasteiger charge is -2.34. The van der Waals surface area contributed by atoms with Gasteiger partial charge in [-0.2, -0.15) is 0 Å². The Bertz CT molecular complexity index is 875. The molecule has 122 valence electrons. The smallest absolute Gasteiger partial charge is 0.255 e. The van der Waals surface area contributed by atoms with Gasteiger partial charge in [0.15, 0.2) is 5.13 Å². The van der Waals surface area contributed by atoms with Crippen LogP contribution in [0.1, 0.15) is 10.4 Å². The Balaban J connectivity index is 1.46. The monoisotopic (exact) mass is 402 g/mol. The summed E-state index contributed by atoms with van der Waals surface area (Å²) in [5, 5.41) is 1.02. The maximum Gasteiger partial charge on any atom is 0.255 e. The molecule has 7 heteroatoms. The number of thiazole rings is 1. The highest BCUT2D eigenvalue weighted by Gasteiger charge is 2.24. The topological polar surface area (TPSA) is 49.3 Å². The lowest BCUT2D eigenvalue weighted by atomic mass is 10.2. The molecule has 24 heavy (non-hydrogen) atoms. The fourth-order valence-electron chi connectivity index (χ4n) is 2.79. The van der Waals surface area contributed by atoms with Gasteiger partial charge in [0.25, 0.3) is 5.91 Å². The first-order valence-corrected chi connectivity index (χ1v) is 9.32. The minimum absolute atomic E-state index is 0.0518. The molecule has 5 nitrogen and oxygen atoms in total. The van der Waals surface area contributed by atoms with Crippen molar-refractivity contribution < 1.29 is 4.79 Å². The lowest BCUT2D eigenvalue weighted by molar-refractivity contribution is 0.0746. The minimum atomic E-state index is 0.0518. The molecule has 0 N–H and O–H groups in total. The van der Waals surface area contributed by atoms with E-state index in [-0.39, 0.29) is 5.91 Å². The van der Waals surface area contributed by atoms with E-state index in [0.29, 0.717) is 18.7 Å². The van der Waals surface area contributed by atoms with Crippen molar-refractivity contribution in [3.05, 3.63) is 52.8 Å². The standard InChI is InChI=1S/C17H15BrN4OS/c18-13-3-4-14-15(10-13)24-17(20-14)22-8-6-21(7-9-22)16(23)12-2-1-5-19-11-12/h1-5,10-11H,6-9H2. The van der Waals surface area contributed by atoms with E-state index in [0.717, 1.165) is 28.2 Å². The highest BCUT2D eigenvalue weighted by Crippen LogP contribution is 2.31. The van der Waals surface area contributed by atoms with Gasteiger partial charge in [0, 0.05) is 43.0 Å². The first kappa shape index (κ1) is 15.5. The zero-order valence-corrected chi connectivity index (χ0v) is 15.3. The quantitative estimate of drug-likeness (QED) is 0.658. The average Bonchev–Trinajstić information content (AvgIpc) is 3.05. The van der Waals surface area contributed by atoms with Crippen LogP contribution in [0.5, 0.6) is 0 Å². The third-order valence-electron chi connectivity index (χ3n) is 4.09. The summed E-state index contributed by atoms with van der Waals surface area (Å²) in [7, 11) is 0. The van der Waals surface area contributed by atoms with Crippen LogP contribution >= 0.6 is 27.3 Å². The summed E-state index contributed by atoms with van der Waals surface area (Å²) in [6.45, 7) is 3.00. The zero-order valence-electron chi connectivity index (χ0n) is 12.9. The molecule has 0 spiro atoms. The molecule has 0 bridgehead atoms. The summed E-state index contributed by atoms with van der Waals surface area (Å²) in [5.74, 6) is 0.0518. The van der Waals surface area contributed by atoms with E-state index in [9.17, 15) is 4.79 Å². The molecule has 3 aromatic rings. The van der Waals surface area contributed by atoms with Crippen LogP contribution in [-0.2, 0) is 0 Å². The molecule has 1 saturated heterocycles. The predicted molar refractivity (Wildman–Crippen MR) is 99.7 cm³/mol. The van der Waals surface area contributed by atoms with E-state index in [1.165, 1.54) is 4.70 Å². The second-order valence-corrected chi connectivity index (χ2v) is 7.55. The molecule has 2 aromatic heterocycles. The predicted octanol–water partition coefficient (Wildman–Crippen LogP) is 3.42. The fraction of sp³-hybridized carbons (Fsp3) is 0.235. The van der Waals surface area contributed by atoms with E-state index < -0.39 is 0 Å². The highest BCUT2D eigenvalue weighted by molar-refractivity contribution is 9.10. The number of hydrogen-bond donors (Lipinski definition) is 0. The van der Waals surface area contributed by atoms with Crippen LogP contribution in [0.2, 0.25) is 0 Å². The average molecular weight is 403 g/mol. The SMILES string of the molecule is O=C(c1cccnc1)N1CCN(c2nc3ccc(Br)cc3s2)CC1. The summed E-state index contributed by atoms with van der Waals surface area (Å²) in [6.07, 6.45) is 3.31. The number of pyridine rings is 1. The number of hydrogen-bond acceptors (Lipinski definition) is 5. The van der Waals surface area contributed by atoms with Gasteiger partial charge >= 0.3 is 0 Å². The number of aromatic nitrogens is 2. The maximum atomic E-state index is 12.5. The largest absolute Gasteiger partial charge is 0.345 e. The fourth-order valence-corrected chi connectivity index (χ4v) is 4.36. The van der Waals surface area contributed by atoms with E-state index >= 15 is 0 Å². The van der Waals surface area contributed by atoms with Gasteiger partial charge in [-0.25, -0.2) is 4.98 Å². The number of halogens is 1. The summed E-state index contributed by atoms with van der Waals surface area (Å²) in [6, 6.07) is 9.74. The van der Waals surface area contributed by atoms with Crippen LogP contribution in [0.3, 0.4) is 0 Å². The lowest BCUT2D eigenvalue weighted by Crippen LogP contribution is -2.48. The Morgan fingerprint density at radius 3 is 2.75 bits per heavy atom. The van der Waals surface area contributed by atoms with Crippen molar-refractivity contribution in [2.75, 3.05) is 31.1 Å². The first-order chi connectivity index (χ1) is 11.7. The van der Waals surface area contributed by atoms with Crippen LogP contribution in [0.4, 0.5) is 5.13 Å². The van der Waals surface area contributed by atoms with Crippen LogP contribution in [-0.4, -0.2) is 47.0 Å². The molecule has 1 aliphatic heterocycles. The van der Waals surface area contributed by atoms with Crippen molar-refractivity contribution in [2.24, 2.45) is 0 Å². The number of amides is 1. The highest BCUT2D eigenvalue weighted by atomic mass is 79.9. The summed E-state index contributed by atoms with van der Waals surface area (Å²) in [5.41, 5.74) is 1.67. The Morgan fingerprint density at radius 2 is 2.00 bits per heavy atom. The third kappa shape index (κ3) is 3.01.